The lowest BCUT2D eigenvalue weighted by atomic mass is 10.1. The Hall–Kier alpha value is -0.610. The van der Waals surface area contributed by atoms with E-state index in [0.717, 1.165) is 24.2 Å². The van der Waals surface area contributed by atoms with Gasteiger partial charge in [0.1, 0.15) is 11.6 Å². The van der Waals surface area contributed by atoms with Crippen LogP contribution in [0.4, 0.5) is 4.39 Å². The van der Waals surface area contributed by atoms with E-state index in [2.05, 4.69) is 15.9 Å². The van der Waals surface area contributed by atoms with E-state index in [1.807, 2.05) is 6.92 Å². The summed E-state index contributed by atoms with van der Waals surface area (Å²) >= 11 is 3.34. The second-order valence-electron chi connectivity index (χ2n) is 4.37. The van der Waals surface area contributed by atoms with Gasteiger partial charge in [0.25, 0.3) is 0 Å². The molecule has 0 bridgehead atoms. The predicted octanol–water partition coefficient (Wildman–Crippen LogP) is 3.02. The molecule has 2 N–H and O–H groups in total. The third-order valence-corrected chi connectivity index (χ3v) is 3.03. The number of ether oxygens (including phenoxy) is 1. The molecule has 0 saturated heterocycles. The summed E-state index contributed by atoms with van der Waals surface area (Å²) in [5.74, 6) is 0.492. The van der Waals surface area contributed by atoms with Crippen molar-refractivity contribution in [2.24, 2.45) is 5.73 Å². The molecule has 1 fully saturated rings. The Morgan fingerprint density at radius 2 is 2.25 bits per heavy atom. The van der Waals surface area contributed by atoms with E-state index in [4.69, 9.17) is 10.5 Å². The Kier molecular flexibility index (Phi) is 3.50. The third kappa shape index (κ3) is 2.95. The van der Waals surface area contributed by atoms with Crippen LogP contribution in [0, 0.1) is 5.82 Å². The lowest BCUT2D eigenvalue weighted by Crippen LogP contribution is -2.18. The molecule has 0 radical (unpaired) electrons. The van der Waals surface area contributed by atoms with Crippen LogP contribution >= 0.6 is 15.9 Å². The van der Waals surface area contributed by atoms with Crippen LogP contribution in [0.1, 0.15) is 25.3 Å². The van der Waals surface area contributed by atoms with Crippen LogP contribution in [-0.4, -0.2) is 12.1 Å². The zero-order valence-corrected chi connectivity index (χ0v) is 10.8. The smallest absolute Gasteiger partial charge is 0.137 e. The van der Waals surface area contributed by atoms with E-state index >= 15 is 0 Å². The molecular weight excluding hydrogens is 273 g/mol. The van der Waals surface area contributed by atoms with Gasteiger partial charge in [-0.25, -0.2) is 4.39 Å². The van der Waals surface area contributed by atoms with E-state index in [1.54, 1.807) is 0 Å². The van der Waals surface area contributed by atoms with Crippen molar-refractivity contribution in [3.8, 4) is 5.75 Å². The minimum Gasteiger partial charge on any atom is -0.489 e. The molecule has 16 heavy (non-hydrogen) atoms. The lowest BCUT2D eigenvalue weighted by molar-refractivity contribution is 0.297. The first-order valence-corrected chi connectivity index (χ1v) is 6.25. The molecule has 88 valence electrons. The Balaban J connectivity index is 2.29. The van der Waals surface area contributed by atoms with Gasteiger partial charge in [-0.3, -0.25) is 0 Å². The fraction of sp³-hybridized carbons (Fsp3) is 0.500. The average Bonchev–Trinajstić information content (AvgIpc) is 2.93. The van der Waals surface area contributed by atoms with E-state index in [9.17, 15) is 4.39 Å². The first kappa shape index (κ1) is 11.9. The van der Waals surface area contributed by atoms with Crippen molar-refractivity contribution in [3.05, 3.63) is 28.0 Å². The van der Waals surface area contributed by atoms with E-state index < -0.39 is 0 Å². The molecule has 0 aromatic heterocycles. The third-order valence-electron chi connectivity index (χ3n) is 2.44. The van der Waals surface area contributed by atoms with Crippen LogP contribution in [0.3, 0.4) is 0 Å². The molecule has 1 saturated carbocycles. The van der Waals surface area contributed by atoms with E-state index in [1.165, 1.54) is 12.1 Å². The van der Waals surface area contributed by atoms with Crippen LogP contribution in [0.2, 0.25) is 0 Å². The summed E-state index contributed by atoms with van der Waals surface area (Å²) in [6.07, 6.45) is 3.09. The first-order valence-electron chi connectivity index (χ1n) is 5.46. The van der Waals surface area contributed by atoms with Crippen molar-refractivity contribution in [3.63, 3.8) is 0 Å². The second kappa shape index (κ2) is 4.72. The largest absolute Gasteiger partial charge is 0.489 e. The zero-order chi connectivity index (χ0) is 11.7. The Morgan fingerprint density at radius 3 is 2.81 bits per heavy atom. The molecule has 0 spiro atoms. The van der Waals surface area contributed by atoms with Crippen molar-refractivity contribution in [1.29, 1.82) is 0 Å². The van der Waals surface area contributed by atoms with Gasteiger partial charge in [0.05, 0.1) is 10.6 Å². The number of benzene rings is 1. The molecular formula is C12H15BrFNO. The maximum Gasteiger partial charge on any atom is 0.137 e. The van der Waals surface area contributed by atoms with Crippen LogP contribution in [0.15, 0.2) is 16.6 Å². The summed E-state index contributed by atoms with van der Waals surface area (Å²) in [4.78, 5) is 0. The van der Waals surface area contributed by atoms with Crippen molar-refractivity contribution in [2.75, 3.05) is 0 Å². The highest BCUT2D eigenvalue weighted by Crippen LogP contribution is 2.36. The van der Waals surface area contributed by atoms with Crippen molar-refractivity contribution in [2.45, 2.75) is 38.3 Å². The molecule has 0 amide bonds. The standard InChI is InChI=1S/C12H15BrFNO/c1-7(15)4-8-5-9(14)6-11(13)12(8)16-10-2-3-10/h5-7,10H,2-4,15H2,1H3. The van der Waals surface area contributed by atoms with Gasteiger partial charge in [-0.05, 0) is 59.8 Å². The molecule has 1 aliphatic carbocycles. The molecule has 1 aromatic carbocycles. The minimum atomic E-state index is -0.259. The molecule has 4 heteroatoms. The summed E-state index contributed by atoms with van der Waals surface area (Å²) < 4.78 is 19.7. The predicted molar refractivity (Wildman–Crippen MR) is 65.1 cm³/mol. The Bertz CT molecular complexity index is 391. The van der Waals surface area contributed by atoms with Gasteiger partial charge in [-0.2, -0.15) is 0 Å². The minimum absolute atomic E-state index is 0.00440. The SMILES string of the molecule is CC(N)Cc1cc(F)cc(Br)c1OC1CC1. The monoisotopic (exact) mass is 287 g/mol. The van der Waals surface area contributed by atoms with Gasteiger partial charge in [-0.1, -0.05) is 0 Å². The van der Waals surface area contributed by atoms with Crippen LogP contribution in [0.25, 0.3) is 0 Å². The van der Waals surface area contributed by atoms with E-state index in [0.29, 0.717) is 17.0 Å². The zero-order valence-electron chi connectivity index (χ0n) is 9.17. The molecule has 1 unspecified atom stereocenters. The fourth-order valence-corrected chi connectivity index (χ4v) is 2.16. The van der Waals surface area contributed by atoms with Gasteiger partial charge in [0.15, 0.2) is 0 Å². The number of hydrogen-bond donors (Lipinski definition) is 1. The van der Waals surface area contributed by atoms with Gasteiger partial charge in [-0.15, -0.1) is 0 Å². The molecule has 0 aliphatic heterocycles. The topological polar surface area (TPSA) is 35.2 Å². The van der Waals surface area contributed by atoms with Crippen LogP contribution < -0.4 is 10.5 Å². The number of nitrogens with two attached hydrogens (primary N) is 1. The highest BCUT2D eigenvalue weighted by atomic mass is 79.9. The quantitative estimate of drug-likeness (QED) is 0.924. The van der Waals surface area contributed by atoms with Crippen molar-refractivity contribution < 1.29 is 9.13 Å². The average molecular weight is 288 g/mol. The highest BCUT2D eigenvalue weighted by molar-refractivity contribution is 9.10. The molecule has 2 nitrogen and oxygen atoms in total. The molecule has 0 heterocycles. The normalized spacial score (nSPS) is 17.2. The summed E-state index contributed by atoms with van der Waals surface area (Å²) in [6, 6.07) is 2.93. The summed E-state index contributed by atoms with van der Waals surface area (Å²) in [5, 5.41) is 0. The Morgan fingerprint density at radius 1 is 1.56 bits per heavy atom. The second-order valence-corrected chi connectivity index (χ2v) is 5.23. The first-order chi connectivity index (χ1) is 7.56. The van der Waals surface area contributed by atoms with E-state index in [-0.39, 0.29) is 11.9 Å². The number of hydrogen-bond acceptors (Lipinski definition) is 2. The van der Waals surface area contributed by atoms with Crippen molar-refractivity contribution >= 4 is 15.9 Å². The molecule has 1 aliphatic rings. The highest BCUT2D eigenvalue weighted by Gasteiger charge is 2.26. The van der Waals surface area contributed by atoms with Gasteiger partial charge in [0.2, 0.25) is 0 Å². The van der Waals surface area contributed by atoms with Gasteiger partial charge < -0.3 is 10.5 Å². The Labute approximate surface area is 103 Å². The van der Waals surface area contributed by atoms with Crippen LogP contribution in [-0.2, 0) is 6.42 Å². The number of halogens is 2. The van der Waals surface area contributed by atoms with Gasteiger partial charge in [0, 0.05) is 6.04 Å². The number of rotatable bonds is 4. The fourth-order valence-electron chi connectivity index (χ4n) is 1.60. The maximum atomic E-state index is 13.3. The van der Waals surface area contributed by atoms with Gasteiger partial charge >= 0.3 is 0 Å². The van der Waals surface area contributed by atoms with Crippen molar-refractivity contribution in [1.82, 2.24) is 0 Å². The molecule has 2 rings (SSSR count). The summed E-state index contributed by atoms with van der Waals surface area (Å²) in [5.41, 5.74) is 6.59. The molecule has 1 atom stereocenters. The lowest BCUT2D eigenvalue weighted by Gasteiger charge is -2.14. The summed E-state index contributed by atoms with van der Waals surface area (Å²) in [7, 11) is 0. The molecule has 1 aromatic rings. The van der Waals surface area contributed by atoms with Crippen LogP contribution in [0.5, 0.6) is 5.75 Å². The maximum absolute atomic E-state index is 13.3. The summed E-state index contributed by atoms with van der Waals surface area (Å²) in [6.45, 7) is 1.90.